The van der Waals surface area contributed by atoms with E-state index in [-0.39, 0.29) is 22.5 Å². The van der Waals surface area contributed by atoms with E-state index < -0.39 is 23.7 Å². The molecule has 0 bridgehead atoms. The summed E-state index contributed by atoms with van der Waals surface area (Å²) >= 11 is 0. The highest BCUT2D eigenvalue weighted by Gasteiger charge is 2.47. The first-order chi connectivity index (χ1) is 19.0. The minimum absolute atomic E-state index is 0.0789. The first kappa shape index (κ1) is 28.4. The van der Waals surface area contributed by atoms with E-state index in [1.807, 2.05) is 27.7 Å². The van der Waals surface area contributed by atoms with E-state index in [1.54, 1.807) is 66.7 Å². The maximum atomic E-state index is 13.6. The van der Waals surface area contributed by atoms with Crippen LogP contribution < -0.4 is 19.1 Å². The summed E-state index contributed by atoms with van der Waals surface area (Å²) in [5.41, 5.74) is 1.74. The Balaban J connectivity index is 1.95. The van der Waals surface area contributed by atoms with Crippen molar-refractivity contribution in [3.8, 4) is 17.2 Å². The molecule has 8 heteroatoms. The Bertz CT molecular complexity index is 1480. The molecule has 1 amide bonds. The molecule has 1 heterocycles. The Hall–Kier alpha value is -4.59. The Morgan fingerprint density at radius 1 is 0.975 bits per heavy atom. The van der Waals surface area contributed by atoms with Crippen LogP contribution in [0.2, 0.25) is 0 Å². The minimum Gasteiger partial charge on any atom is -0.507 e. The highest BCUT2D eigenvalue weighted by Crippen LogP contribution is 2.44. The fourth-order valence-corrected chi connectivity index (χ4v) is 4.77. The molecular weight excluding hydrogens is 510 g/mol. The molecule has 1 unspecified atom stereocenters. The van der Waals surface area contributed by atoms with Crippen molar-refractivity contribution in [1.82, 2.24) is 0 Å². The zero-order valence-corrected chi connectivity index (χ0v) is 23.5. The van der Waals surface area contributed by atoms with Gasteiger partial charge in [0, 0.05) is 23.7 Å². The quantitative estimate of drug-likeness (QED) is 0.129. The van der Waals surface area contributed by atoms with Gasteiger partial charge in [-0.25, -0.2) is 0 Å². The largest absolute Gasteiger partial charge is 0.507 e. The van der Waals surface area contributed by atoms with Crippen molar-refractivity contribution in [2.75, 3.05) is 18.6 Å². The molecule has 40 heavy (non-hydrogen) atoms. The molecule has 0 aromatic heterocycles. The summed E-state index contributed by atoms with van der Waals surface area (Å²) < 4.78 is 16.3. The molecule has 8 nitrogen and oxygen atoms in total. The number of benzene rings is 3. The molecule has 4 rings (SSSR count). The normalized spacial score (nSPS) is 16.6. The van der Waals surface area contributed by atoms with Gasteiger partial charge in [0.25, 0.3) is 11.7 Å². The van der Waals surface area contributed by atoms with Crippen LogP contribution in [-0.4, -0.2) is 36.5 Å². The van der Waals surface area contributed by atoms with Gasteiger partial charge in [-0.2, -0.15) is 0 Å². The lowest BCUT2D eigenvalue weighted by atomic mass is 9.84. The standard InChI is InChI=1S/C32H33NO7/c1-7-39-26-16-11-21(18-25(26)32(3,4)5)29(35)27-28(20-9-8-10-24(17-20)40-19(2)34)33(31(37)30(27)36)22-12-14-23(38-6)15-13-22/h8-18,28,35H,7H2,1-6H3/b29-27+. The van der Waals surface area contributed by atoms with Crippen molar-refractivity contribution in [1.29, 1.82) is 0 Å². The van der Waals surface area contributed by atoms with Crippen LogP contribution in [0.4, 0.5) is 5.69 Å². The lowest BCUT2D eigenvalue weighted by molar-refractivity contribution is -0.132. The predicted molar refractivity (Wildman–Crippen MR) is 152 cm³/mol. The smallest absolute Gasteiger partial charge is 0.308 e. The second-order valence-electron chi connectivity index (χ2n) is 10.4. The average molecular weight is 544 g/mol. The molecule has 0 spiro atoms. The number of aliphatic hydroxyl groups is 1. The Morgan fingerprint density at radius 3 is 2.27 bits per heavy atom. The number of hydrogen-bond donors (Lipinski definition) is 1. The maximum absolute atomic E-state index is 13.6. The third-order valence-electron chi connectivity index (χ3n) is 6.59. The number of amides is 1. The van der Waals surface area contributed by atoms with Crippen LogP contribution in [-0.2, 0) is 19.8 Å². The van der Waals surface area contributed by atoms with Crippen molar-refractivity contribution < 1.29 is 33.7 Å². The zero-order valence-electron chi connectivity index (χ0n) is 23.5. The Morgan fingerprint density at radius 2 is 1.68 bits per heavy atom. The fraction of sp³-hybridized carbons (Fsp3) is 0.281. The van der Waals surface area contributed by atoms with Crippen LogP contribution in [0, 0.1) is 0 Å². The van der Waals surface area contributed by atoms with Crippen LogP contribution in [0.25, 0.3) is 5.76 Å². The van der Waals surface area contributed by atoms with Gasteiger partial charge in [0.2, 0.25) is 0 Å². The van der Waals surface area contributed by atoms with Crippen LogP contribution in [0.15, 0.2) is 72.3 Å². The van der Waals surface area contributed by atoms with Crippen molar-refractivity contribution in [3.63, 3.8) is 0 Å². The highest BCUT2D eigenvalue weighted by atomic mass is 16.5. The van der Waals surface area contributed by atoms with E-state index >= 15 is 0 Å². The molecule has 1 aliphatic rings. The van der Waals surface area contributed by atoms with Crippen LogP contribution in [0.3, 0.4) is 0 Å². The Kier molecular flexibility index (Phi) is 8.00. The van der Waals surface area contributed by atoms with Crippen molar-refractivity contribution in [2.45, 2.75) is 46.1 Å². The fourth-order valence-electron chi connectivity index (χ4n) is 4.77. The summed E-state index contributed by atoms with van der Waals surface area (Å²) in [6.07, 6.45) is 0. The number of methoxy groups -OCH3 is 1. The number of ether oxygens (including phenoxy) is 3. The second-order valence-corrected chi connectivity index (χ2v) is 10.4. The first-order valence-corrected chi connectivity index (χ1v) is 13.0. The van der Waals surface area contributed by atoms with Gasteiger partial charge in [-0.15, -0.1) is 0 Å². The molecular formula is C32H33NO7. The number of carbonyl (C=O) groups is 3. The summed E-state index contributed by atoms with van der Waals surface area (Å²) in [6, 6.07) is 17.5. The molecule has 0 radical (unpaired) electrons. The van der Waals surface area contributed by atoms with Gasteiger partial charge in [-0.3, -0.25) is 19.3 Å². The highest BCUT2D eigenvalue weighted by molar-refractivity contribution is 6.51. The topological polar surface area (TPSA) is 102 Å². The monoisotopic (exact) mass is 543 g/mol. The maximum Gasteiger partial charge on any atom is 0.308 e. The van der Waals surface area contributed by atoms with Crippen LogP contribution in [0.1, 0.15) is 57.4 Å². The van der Waals surface area contributed by atoms with Crippen molar-refractivity contribution >= 4 is 29.1 Å². The van der Waals surface area contributed by atoms with E-state index in [2.05, 4.69) is 0 Å². The number of hydrogen-bond acceptors (Lipinski definition) is 7. The van der Waals surface area contributed by atoms with Crippen molar-refractivity contribution in [2.24, 2.45) is 0 Å². The SMILES string of the molecule is CCOc1ccc(/C(O)=C2\C(=O)C(=O)N(c3ccc(OC)cc3)C2c2cccc(OC(C)=O)c2)cc1C(C)(C)C. The van der Waals surface area contributed by atoms with E-state index in [4.69, 9.17) is 14.2 Å². The molecule has 1 atom stereocenters. The van der Waals surface area contributed by atoms with Gasteiger partial charge in [0.1, 0.15) is 23.0 Å². The molecule has 3 aromatic carbocycles. The van der Waals surface area contributed by atoms with E-state index in [9.17, 15) is 19.5 Å². The lowest BCUT2D eigenvalue weighted by Gasteiger charge is -2.26. The number of anilines is 1. The van der Waals surface area contributed by atoms with Gasteiger partial charge in [-0.05, 0) is 72.5 Å². The van der Waals surface area contributed by atoms with E-state index in [0.717, 1.165) is 5.56 Å². The summed E-state index contributed by atoms with van der Waals surface area (Å²) in [6.45, 7) is 9.73. The van der Waals surface area contributed by atoms with Crippen molar-refractivity contribution in [3.05, 3.63) is 89.0 Å². The molecule has 208 valence electrons. The number of rotatable bonds is 7. The first-order valence-electron chi connectivity index (χ1n) is 13.0. The molecule has 3 aromatic rings. The second kappa shape index (κ2) is 11.3. The number of ketones is 1. The number of carbonyl (C=O) groups excluding carboxylic acids is 3. The summed E-state index contributed by atoms with van der Waals surface area (Å²) in [4.78, 5) is 40.1. The van der Waals surface area contributed by atoms with Gasteiger partial charge in [0.05, 0.1) is 25.3 Å². The Labute approximate surface area is 233 Å². The third-order valence-corrected chi connectivity index (χ3v) is 6.59. The number of aliphatic hydroxyl groups excluding tert-OH is 1. The molecule has 0 saturated carbocycles. The zero-order chi connectivity index (χ0) is 29.2. The van der Waals surface area contributed by atoms with Crippen LogP contribution in [0.5, 0.6) is 17.2 Å². The summed E-state index contributed by atoms with van der Waals surface area (Å²) in [5, 5.41) is 11.6. The summed E-state index contributed by atoms with van der Waals surface area (Å²) in [7, 11) is 1.53. The van der Waals surface area contributed by atoms with E-state index in [1.165, 1.54) is 18.9 Å². The third kappa shape index (κ3) is 5.57. The number of nitrogens with zero attached hydrogens (tertiary/aromatic N) is 1. The molecule has 1 N–H and O–H groups in total. The minimum atomic E-state index is -0.992. The van der Waals surface area contributed by atoms with Crippen LogP contribution >= 0.6 is 0 Å². The van der Waals surface area contributed by atoms with Gasteiger partial charge in [0.15, 0.2) is 0 Å². The van der Waals surface area contributed by atoms with Gasteiger partial charge < -0.3 is 19.3 Å². The number of Topliss-reactive ketones (excluding diaryl/α,β-unsaturated/α-hetero) is 1. The predicted octanol–water partition coefficient (Wildman–Crippen LogP) is 5.94. The molecule has 1 saturated heterocycles. The average Bonchev–Trinajstić information content (AvgIpc) is 3.18. The lowest BCUT2D eigenvalue weighted by Crippen LogP contribution is -2.29. The molecule has 0 aliphatic carbocycles. The molecule has 1 fully saturated rings. The molecule has 1 aliphatic heterocycles. The van der Waals surface area contributed by atoms with Gasteiger partial charge in [-0.1, -0.05) is 32.9 Å². The van der Waals surface area contributed by atoms with Gasteiger partial charge >= 0.3 is 5.97 Å². The van der Waals surface area contributed by atoms with E-state index in [0.29, 0.717) is 34.9 Å². The number of esters is 1. The summed E-state index contributed by atoms with van der Waals surface area (Å²) in [5.74, 6) is -0.939.